The van der Waals surface area contributed by atoms with E-state index in [0.717, 1.165) is 25.2 Å². The number of nitrogens with zero attached hydrogens (tertiary/aromatic N) is 1. The van der Waals surface area contributed by atoms with E-state index in [1.165, 1.54) is 6.07 Å². The average Bonchev–Trinajstić information content (AvgIpc) is 2.57. The summed E-state index contributed by atoms with van der Waals surface area (Å²) in [5.41, 5.74) is 0.728. The van der Waals surface area contributed by atoms with Crippen molar-refractivity contribution in [1.29, 1.82) is 0 Å². The van der Waals surface area contributed by atoms with Gasteiger partial charge in [0.05, 0.1) is 5.69 Å². The van der Waals surface area contributed by atoms with Crippen LogP contribution in [-0.4, -0.2) is 13.1 Å². The largest absolute Gasteiger partial charge is 0.369 e. The molecular formula is C10H11FN. The SMILES string of the molecule is Fc1ccccc1N1C[CH]CC1. The van der Waals surface area contributed by atoms with Gasteiger partial charge in [0.15, 0.2) is 0 Å². The van der Waals surface area contributed by atoms with Crippen LogP contribution in [0.2, 0.25) is 0 Å². The maximum Gasteiger partial charge on any atom is 0.146 e. The quantitative estimate of drug-likeness (QED) is 0.615. The van der Waals surface area contributed by atoms with E-state index in [4.69, 9.17) is 0 Å². The molecule has 2 rings (SSSR count). The molecule has 1 aliphatic rings. The van der Waals surface area contributed by atoms with Crippen LogP contribution in [0.3, 0.4) is 0 Å². The third-order valence-electron chi connectivity index (χ3n) is 2.15. The molecule has 1 aliphatic heterocycles. The Bertz CT molecular complexity index is 266. The predicted octanol–water partition coefficient (Wildman–Crippen LogP) is 2.24. The molecule has 0 atom stereocenters. The summed E-state index contributed by atoms with van der Waals surface area (Å²) in [4.78, 5) is 2.05. The topological polar surface area (TPSA) is 3.24 Å². The summed E-state index contributed by atoms with van der Waals surface area (Å²) in [6.45, 7) is 1.82. The Morgan fingerprint density at radius 2 is 2.08 bits per heavy atom. The molecule has 0 unspecified atom stereocenters. The second-order valence-corrected chi connectivity index (χ2v) is 2.97. The third kappa shape index (κ3) is 1.29. The Hall–Kier alpha value is -1.05. The minimum atomic E-state index is -0.118. The minimum absolute atomic E-state index is 0.118. The molecule has 1 aromatic carbocycles. The van der Waals surface area contributed by atoms with Crippen molar-refractivity contribution < 1.29 is 4.39 Å². The summed E-state index contributed by atoms with van der Waals surface area (Å²) < 4.78 is 13.2. The van der Waals surface area contributed by atoms with Crippen LogP contribution in [0.25, 0.3) is 0 Å². The summed E-state index contributed by atoms with van der Waals surface area (Å²) in [5.74, 6) is -0.118. The van der Waals surface area contributed by atoms with Crippen molar-refractivity contribution in [2.24, 2.45) is 0 Å². The van der Waals surface area contributed by atoms with Gasteiger partial charge in [0.2, 0.25) is 0 Å². The first kappa shape index (κ1) is 7.59. The standard InChI is InChI=1S/C10H11FN/c11-9-5-1-2-6-10(9)12-7-3-4-8-12/h1-3,5-6H,4,7-8H2. The summed E-state index contributed by atoms with van der Waals surface area (Å²) in [7, 11) is 0. The number of anilines is 1. The summed E-state index contributed by atoms with van der Waals surface area (Å²) in [5, 5.41) is 0. The van der Waals surface area contributed by atoms with Crippen LogP contribution in [0, 0.1) is 12.2 Å². The van der Waals surface area contributed by atoms with Gasteiger partial charge in [-0.2, -0.15) is 0 Å². The fourth-order valence-electron chi connectivity index (χ4n) is 1.51. The van der Waals surface area contributed by atoms with Crippen molar-refractivity contribution in [1.82, 2.24) is 0 Å². The molecule has 1 radical (unpaired) electrons. The van der Waals surface area contributed by atoms with Gasteiger partial charge < -0.3 is 4.90 Å². The van der Waals surface area contributed by atoms with Crippen molar-refractivity contribution in [2.75, 3.05) is 18.0 Å². The second kappa shape index (κ2) is 3.13. The normalized spacial score (nSPS) is 16.9. The van der Waals surface area contributed by atoms with Gasteiger partial charge in [-0.05, 0) is 25.0 Å². The van der Waals surface area contributed by atoms with Crippen LogP contribution in [0.1, 0.15) is 6.42 Å². The zero-order valence-electron chi connectivity index (χ0n) is 6.83. The Balaban J connectivity index is 2.26. The number of benzene rings is 1. The highest BCUT2D eigenvalue weighted by Gasteiger charge is 2.14. The first-order valence-electron chi connectivity index (χ1n) is 4.19. The molecule has 0 spiro atoms. The summed E-state index contributed by atoms with van der Waals surface area (Å²) in [6, 6.07) is 6.93. The molecule has 0 saturated carbocycles. The van der Waals surface area contributed by atoms with E-state index >= 15 is 0 Å². The van der Waals surface area contributed by atoms with E-state index in [2.05, 4.69) is 11.3 Å². The van der Waals surface area contributed by atoms with Gasteiger partial charge in [-0.25, -0.2) is 4.39 Å². The smallest absolute Gasteiger partial charge is 0.146 e. The van der Waals surface area contributed by atoms with Crippen molar-refractivity contribution in [2.45, 2.75) is 6.42 Å². The zero-order chi connectivity index (χ0) is 8.39. The molecule has 0 amide bonds. The van der Waals surface area contributed by atoms with Crippen LogP contribution in [0.4, 0.5) is 10.1 Å². The van der Waals surface area contributed by atoms with Crippen molar-refractivity contribution in [3.05, 3.63) is 36.5 Å². The minimum Gasteiger partial charge on any atom is -0.369 e. The van der Waals surface area contributed by atoms with Crippen LogP contribution < -0.4 is 4.90 Å². The fourth-order valence-corrected chi connectivity index (χ4v) is 1.51. The van der Waals surface area contributed by atoms with Crippen molar-refractivity contribution in [3.63, 3.8) is 0 Å². The lowest BCUT2D eigenvalue weighted by Crippen LogP contribution is -2.18. The van der Waals surface area contributed by atoms with Gasteiger partial charge in [0.1, 0.15) is 5.82 Å². The molecule has 63 valence electrons. The molecule has 1 aromatic rings. The molecule has 0 N–H and O–H groups in total. The van der Waals surface area contributed by atoms with E-state index in [1.807, 2.05) is 12.1 Å². The van der Waals surface area contributed by atoms with E-state index in [1.54, 1.807) is 6.07 Å². The Kier molecular flexibility index (Phi) is 1.98. The fraction of sp³-hybridized carbons (Fsp3) is 0.300. The molecular weight excluding hydrogens is 153 g/mol. The van der Waals surface area contributed by atoms with Gasteiger partial charge in [-0.1, -0.05) is 12.1 Å². The van der Waals surface area contributed by atoms with Crippen molar-refractivity contribution in [3.8, 4) is 0 Å². The molecule has 12 heavy (non-hydrogen) atoms. The average molecular weight is 164 g/mol. The molecule has 0 bridgehead atoms. The van der Waals surface area contributed by atoms with Crippen LogP contribution >= 0.6 is 0 Å². The molecule has 0 aromatic heterocycles. The zero-order valence-corrected chi connectivity index (χ0v) is 6.83. The lowest BCUT2D eigenvalue weighted by atomic mass is 10.3. The van der Waals surface area contributed by atoms with E-state index < -0.39 is 0 Å². The summed E-state index contributed by atoms with van der Waals surface area (Å²) >= 11 is 0. The lowest BCUT2D eigenvalue weighted by molar-refractivity contribution is 0.623. The highest BCUT2D eigenvalue weighted by molar-refractivity contribution is 5.48. The maximum absolute atomic E-state index is 13.2. The van der Waals surface area contributed by atoms with Gasteiger partial charge in [0.25, 0.3) is 0 Å². The van der Waals surface area contributed by atoms with Gasteiger partial charge in [-0.15, -0.1) is 0 Å². The molecule has 1 nitrogen and oxygen atoms in total. The third-order valence-corrected chi connectivity index (χ3v) is 2.15. The predicted molar refractivity (Wildman–Crippen MR) is 47.5 cm³/mol. The van der Waals surface area contributed by atoms with Crippen LogP contribution in [0.15, 0.2) is 24.3 Å². The van der Waals surface area contributed by atoms with Crippen LogP contribution in [-0.2, 0) is 0 Å². The number of halogens is 1. The molecule has 2 heteroatoms. The Morgan fingerprint density at radius 3 is 2.75 bits per heavy atom. The van der Waals surface area contributed by atoms with Gasteiger partial charge in [0, 0.05) is 13.1 Å². The lowest BCUT2D eigenvalue weighted by Gasteiger charge is -2.17. The van der Waals surface area contributed by atoms with E-state index in [0.29, 0.717) is 0 Å². The van der Waals surface area contributed by atoms with E-state index in [-0.39, 0.29) is 5.82 Å². The van der Waals surface area contributed by atoms with Gasteiger partial charge >= 0.3 is 0 Å². The van der Waals surface area contributed by atoms with Crippen LogP contribution in [0.5, 0.6) is 0 Å². The number of hydrogen-bond donors (Lipinski definition) is 0. The van der Waals surface area contributed by atoms with Crippen molar-refractivity contribution >= 4 is 5.69 Å². The number of rotatable bonds is 1. The first-order valence-corrected chi connectivity index (χ1v) is 4.19. The molecule has 1 saturated heterocycles. The molecule has 0 aliphatic carbocycles. The number of hydrogen-bond acceptors (Lipinski definition) is 1. The molecule has 1 heterocycles. The maximum atomic E-state index is 13.2. The second-order valence-electron chi connectivity index (χ2n) is 2.97. The van der Waals surface area contributed by atoms with E-state index in [9.17, 15) is 4.39 Å². The summed E-state index contributed by atoms with van der Waals surface area (Å²) in [6.07, 6.45) is 3.24. The van der Waals surface area contributed by atoms with Gasteiger partial charge in [-0.3, -0.25) is 0 Å². The highest BCUT2D eigenvalue weighted by Crippen LogP contribution is 2.22. The Morgan fingerprint density at radius 1 is 1.25 bits per heavy atom. The Labute approximate surface area is 71.8 Å². The monoisotopic (exact) mass is 164 g/mol. The highest BCUT2D eigenvalue weighted by atomic mass is 19.1. The molecule has 1 fully saturated rings. The first-order chi connectivity index (χ1) is 5.88. The number of para-hydroxylation sites is 1.